The summed E-state index contributed by atoms with van der Waals surface area (Å²) in [6, 6.07) is 0. The van der Waals surface area contributed by atoms with Gasteiger partial charge in [-0.2, -0.15) is 0 Å². The average molecular weight is 380 g/mol. The number of aliphatic hydroxyl groups excluding tert-OH is 3. The fourth-order valence-corrected chi connectivity index (χ4v) is 3.94. The molecule has 0 saturated heterocycles. The lowest BCUT2D eigenvalue weighted by Gasteiger charge is -2.19. The molecule has 0 spiro atoms. The topological polar surface area (TPSA) is 82.3 Å². The van der Waals surface area contributed by atoms with E-state index in [-0.39, 0.29) is 11.8 Å². The first-order valence-corrected chi connectivity index (χ1v) is 10.7. The molecule has 5 heteroatoms. The van der Waals surface area contributed by atoms with Gasteiger partial charge in [-0.05, 0) is 31.6 Å². The minimum absolute atomic E-state index is 0.0119. The summed E-state index contributed by atoms with van der Waals surface area (Å²) >= 11 is 0. The molecule has 1 aliphatic heterocycles. The first-order valence-electron chi connectivity index (χ1n) is 10.7. The second-order valence-corrected chi connectivity index (χ2v) is 7.78. The van der Waals surface area contributed by atoms with E-state index in [4.69, 9.17) is 4.74 Å². The van der Waals surface area contributed by atoms with Crippen LogP contribution in [0.3, 0.4) is 0 Å². The Morgan fingerprint density at radius 3 is 2.78 bits per heavy atom. The molecule has 0 radical (unpaired) electrons. The lowest BCUT2D eigenvalue weighted by molar-refractivity contribution is 0.120. The molecule has 5 atom stereocenters. The Morgan fingerprint density at radius 2 is 2.04 bits per heavy atom. The van der Waals surface area contributed by atoms with Gasteiger partial charge < -0.3 is 20.1 Å². The Hall–Kier alpha value is -1.17. The summed E-state index contributed by atoms with van der Waals surface area (Å²) < 4.78 is 5.39. The lowest BCUT2D eigenvalue weighted by atomic mass is 9.89. The van der Waals surface area contributed by atoms with Crippen LogP contribution in [0.5, 0.6) is 0 Å². The standard InChI is InChI=1S/C22H37NO4/c1-2-3-6-9-17(24)12-13-19-18(20(25)16-21(19)26)10-7-4-5-8-11-22-23-14-15-27-22/h4,7,12-13,17-21,24-26H,2-3,5-6,8-11,14-16H2,1H3/b7-4-,13-12+/t17-,18+,19+,20-,21+/m0/s1. The fraction of sp³-hybridized carbons (Fsp3) is 0.773. The zero-order valence-electron chi connectivity index (χ0n) is 16.7. The average Bonchev–Trinajstić information content (AvgIpc) is 3.24. The number of hydrogen-bond donors (Lipinski definition) is 3. The summed E-state index contributed by atoms with van der Waals surface area (Å²) in [6.45, 7) is 3.65. The molecule has 1 aliphatic carbocycles. The van der Waals surface area contributed by atoms with E-state index < -0.39 is 18.3 Å². The van der Waals surface area contributed by atoms with E-state index in [0.717, 1.165) is 70.4 Å². The number of nitrogens with zero attached hydrogens (tertiary/aromatic N) is 1. The number of ether oxygens (including phenoxy) is 1. The molecule has 27 heavy (non-hydrogen) atoms. The maximum atomic E-state index is 10.3. The highest BCUT2D eigenvalue weighted by molar-refractivity contribution is 5.77. The van der Waals surface area contributed by atoms with Gasteiger partial charge in [0.05, 0.1) is 24.9 Å². The Labute approximate surface area is 163 Å². The summed E-state index contributed by atoms with van der Waals surface area (Å²) in [6.07, 6.45) is 14.6. The summed E-state index contributed by atoms with van der Waals surface area (Å²) in [4.78, 5) is 4.28. The van der Waals surface area contributed by atoms with Crippen LogP contribution in [-0.2, 0) is 4.74 Å². The van der Waals surface area contributed by atoms with Crippen molar-refractivity contribution in [2.24, 2.45) is 16.8 Å². The molecule has 154 valence electrons. The van der Waals surface area contributed by atoms with E-state index >= 15 is 0 Å². The van der Waals surface area contributed by atoms with E-state index in [0.29, 0.717) is 6.42 Å². The quantitative estimate of drug-likeness (QED) is 0.359. The highest BCUT2D eigenvalue weighted by atomic mass is 16.5. The molecule has 1 heterocycles. The molecule has 0 amide bonds. The van der Waals surface area contributed by atoms with Crippen LogP contribution in [0, 0.1) is 11.8 Å². The number of hydrogen-bond acceptors (Lipinski definition) is 5. The van der Waals surface area contributed by atoms with Crippen LogP contribution >= 0.6 is 0 Å². The van der Waals surface area contributed by atoms with Crippen molar-refractivity contribution in [3.05, 3.63) is 24.3 Å². The van der Waals surface area contributed by atoms with Crippen LogP contribution in [0.4, 0.5) is 0 Å². The van der Waals surface area contributed by atoms with Gasteiger partial charge in [-0.3, -0.25) is 4.99 Å². The van der Waals surface area contributed by atoms with Crippen LogP contribution < -0.4 is 0 Å². The number of aliphatic hydroxyl groups is 3. The number of allylic oxidation sites excluding steroid dienone is 2. The van der Waals surface area contributed by atoms with Gasteiger partial charge in [0.1, 0.15) is 6.61 Å². The van der Waals surface area contributed by atoms with Gasteiger partial charge in [-0.1, -0.05) is 50.5 Å². The van der Waals surface area contributed by atoms with E-state index in [9.17, 15) is 15.3 Å². The molecular weight excluding hydrogens is 342 g/mol. The van der Waals surface area contributed by atoms with Crippen LogP contribution in [0.15, 0.2) is 29.3 Å². The van der Waals surface area contributed by atoms with Crippen molar-refractivity contribution in [3.8, 4) is 0 Å². The third kappa shape index (κ3) is 7.76. The molecule has 0 bridgehead atoms. The third-order valence-corrected chi connectivity index (χ3v) is 5.56. The molecule has 2 rings (SSSR count). The van der Waals surface area contributed by atoms with E-state index in [2.05, 4.69) is 24.1 Å². The van der Waals surface area contributed by atoms with Crippen LogP contribution in [0.2, 0.25) is 0 Å². The maximum Gasteiger partial charge on any atom is 0.183 e. The SMILES string of the molecule is CCCCC[C@H](O)/C=C/[C@@H]1[C@@H](C/C=C\CCCC2=NCCO2)[C@@H](O)C[C@H]1O. The number of aliphatic imine (C=N–C) groups is 1. The van der Waals surface area contributed by atoms with Crippen LogP contribution in [-0.4, -0.2) is 52.7 Å². The third-order valence-electron chi connectivity index (χ3n) is 5.56. The summed E-state index contributed by atoms with van der Waals surface area (Å²) in [5.74, 6) is 0.796. The van der Waals surface area contributed by atoms with Crippen LogP contribution in [0.25, 0.3) is 0 Å². The normalized spacial score (nSPS) is 29.6. The van der Waals surface area contributed by atoms with Gasteiger partial charge in [0.25, 0.3) is 0 Å². The summed E-state index contributed by atoms with van der Waals surface area (Å²) in [5.41, 5.74) is 0. The first-order chi connectivity index (χ1) is 13.1. The molecule has 5 nitrogen and oxygen atoms in total. The predicted octanol–water partition coefficient (Wildman–Crippen LogP) is 3.39. The molecule has 0 aromatic carbocycles. The zero-order chi connectivity index (χ0) is 19.5. The minimum Gasteiger partial charge on any atom is -0.479 e. The highest BCUT2D eigenvalue weighted by Crippen LogP contribution is 2.36. The smallest absolute Gasteiger partial charge is 0.183 e. The van der Waals surface area contributed by atoms with Crippen LogP contribution in [0.1, 0.15) is 64.7 Å². The second kappa shape index (κ2) is 12.3. The van der Waals surface area contributed by atoms with Crippen molar-refractivity contribution in [2.75, 3.05) is 13.2 Å². The maximum absolute atomic E-state index is 10.3. The van der Waals surface area contributed by atoms with Gasteiger partial charge in [0.15, 0.2) is 5.90 Å². The second-order valence-electron chi connectivity index (χ2n) is 7.78. The van der Waals surface area contributed by atoms with Gasteiger partial charge in [-0.15, -0.1) is 0 Å². The van der Waals surface area contributed by atoms with E-state index in [1.807, 2.05) is 6.08 Å². The molecule has 2 aliphatic rings. The molecule has 0 unspecified atom stereocenters. The van der Waals surface area contributed by atoms with Crippen molar-refractivity contribution in [1.82, 2.24) is 0 Å². The van der Waals surface area contributed by atoms with E-state index in [1.54, 1.807) is 6.08 Å². The Bertz CT molecular complexity index is 503. The predicted molar refractivity (Wildman–Crippen MR) is 109 cm³/mol. The molecular formula is C22H37NO4. The van der Waals surface area contributed by atoms with Crippen molar-refractivity contribution >= 4 is 5.90 Å². The molecule has 3 N–H and O–H groups in total. The summed E-state index contributed by atoms with van der Waals surface area (Å²) in [7, 11) is 0. The molecule has 1 fully saturated rings. The van der Waals surface area contributed by atoms with Gasteiger partial charge in [-0.25, -0.2) is 0 Å². The van der Waals surface area contributed by atoms with Gasteiger partial charge in [0, 0.05) is 18.8 Å². The lowest BCUT2D eigenvalue weighted by Crippen LogP contribution is -2.20. The van der Waals surface area contributed by atoms with Crippen molar-refractivity contribution in [2.45, 2.75) is 83.0 Å². The molecule has 1 saturated carbocycles. The first kappa shape index (κ1) is 22.1. The molecule has 0 aromatic rings. The van der Waals surface area contributed by atoms with Crippen molar-refractivity contribution in [1.29, 1.82) is 0 Å². The minimum atomic E-state index is -0.532. The largest absolute Gasteiger partial charge is 0.479 e. The highest BCUT2D eigenvalue weighted by Gasteiger charge is 2.39. The van der Waals surface area contributed by atoms with Crippen molar-refractivity contribution < 1.29 is 20.1 Å². The number of rotatable bonds is 12. The van der Waals surface area contributed by atoms with Gasteiger partial charge in [0.2, 0.25) is 0 Å². The van der Waals surface area contributed by atoms with Gasteiger partial charge >= 0.3 is 0 Å². The van der Waals surface area contributed by atoms with E-state index in [1.165, 1.54) is 0 Å². The Balaban J connectivity index is 1.74. The molecule has 0 aromatic heterocycles. The summed E-state index contributed by atoms with van der Waals surface area (Å²) in [5, 5.41) is 30.6. The fourth-order valence-electron chi connectivity index (χ4n) is 3.94. The Morgan fingerprint density at radius 1 is 1.19 bits per heavy atom. The monoisotopic (exact) mass is 379 g/mol. The Kier molecular flexibility index (Phi) is 10.1. The zero-order valence-corrected chi connectivity index (χ0v) is 16.7. The number of unbranched alkanes of at least 4 members (excludes halogenated alkanes) is 3. The van der Waals surface area contributed by atoms with Crippen molar-refractivity contribution in [3.63, 3.8) is 0 Å².